The summed E-state index contributed by atoms with van der Waals surface area (Å²) in [6.07, 6.45) is 0.637. The number of nitrogens with one attached hydrogen (secondary N) is 2. The fourth-order valence-corrected chi connectivity index (χ4v) is 12.4. The Morgan fingerprint density at radius 3 is 2.18 bits per heavy atom. The van der Waals surface area contributed by atoms with Crippen molar-refractivity contribution in [2.75, 3.05) is 77.9 Å². The molecule has 388 valence electrons. The number of halogens is 2. The molecule has 0 aromatic heterocycles. The molecule has 72 heavy (non-hydrogen) atoms. The van der Waals surface area contributed by atoms with Crippen LogP contribution in [0.15, 0.2) is 94.3 Å². The van der Waals surface area contributed by atoms with Crippen molar-refractivity contribution < 1.29 is 76.2 Å². The molecule has 4 aliphatic carbocycles. The maximum Gasteiger partial charge on any atom is 0.253 e. The average molecular weight is 1020 g/mol. The van der Waals surface area contributed by atoms with Gasteiger partial charge in [-0.1, -0.05) is 43.0 Å². The summed E-state index contributed by atoms with van der Waals surface area (Å²) in [5, 5.41) is 27.7. The quantitative estimate of drug-likeness (QED) is 0.0850. The number of carbonyl (C=O) groups excluding carboxylic acids is 6. The Kier molecular flexibility index (Phi) is 16.7. The highest BCUT2D eigenvalue weighted by atomic mass is 32.2. The number of allylic oxidation sites excluding steroid dienone is 4. The average Bonchev–Trinajstić information content (AvgIpc) is 3.98. The maximum atomic E-state index is 17.7. The summed E-state index contributed by atoms with van der Waals surface area (Å²) in [5.41, 5.74) is -5.69. The van der Waals surface area contributed by atoms with Crippen molar-refractivity contribution in [3.05, 3.63) is 90.0 Å². The van der Waals surface area contributed by atoms with E-state index in [4.69, 9.17) is 28.4 Å². The van der Waals surface area contributed by atoms with E-state index in [1.807, 2.05) is 30.3 Å². The summed E-state index contributed by atoms with van der Waals surface area (Å²) >= 11 is 1.46. The molecule has 2 heterocycles. The number of anilines is 1. The van der Waals surface area contributed by atoms with Crippen molar-refractivity contribution in [1.82, 2.24) is 10.2 Å². The molecule has 20 heteroatoms. The number of benzene rings is 2. The Hall–Kier alpha value is -5.03. The number of nitrogens with zero attached hydrogens (tertiary/aromatic N) is 1. The van der Waals surface area contributed by atoms with Crippen LogP contribution in [0, 0.1) is 22.7 Å². The molecular formula is C52H61F2N3O14S. The first-order chi connectivity index (χ1) is 34.5. The Balaban J connectivity index is 0.723. The molecule has 4 fully saturated rings. The van der Waals surface area contributed by atoms with Gasteiger partial charge in [0.2, 0.25) is 11.8 Å². The zero-order valence-electron chi connectivity index (χ0n) is 40.2. The molecule has 10 atom stereocenters. The largest absolute Gasteiger partial charge is 0.390 e. The van der Waals surface area contributed by atoms with Crippen LogP contribution >= 0.6 is 11.8 Å². The number of Topliss-reactive ketones (excluding diaryl/α,β-unsaturated/α-hetero) is 1. The van der Waals surface area contributed by atoms with Crippen molar-refractivity contribution in [2.45, 2.75) is 91.7 Å². The molecule has 6 aliphatic rings. The third-order valence-corrected chi connectivity index (χ3v) is 16.1. The number of carbonyl (C=O) groups is 6. The standard InChI is InChI=1S/C52H61F2N3O14S/c1-49-15-12-34(59)27-39(49)40(53)28-38-37-29-43-52(42(61)31-58,50(37,2)30-41(60)51(38,49)54)71-48(70-43)32-6-8-35(9-7-32)72-36-5-3-4-33(26-36)56-45(63)14-18-66-20-22-68-24-25-69-23-21-67-19-16-55-44(62)13-17-57-46(64)10-11-47(57)65/h3-12,15,26-27,37-38,40-41,43,48,58,60H,13-14,16-25,28-31H2,1-2H3,(H,55,62)(H,56,63)/t37-,38?,40-,41-,43+,48+,49-,50-,51-,52+/m0/s1. The van der Waals surface area contributed by atoms with E-state index in [-0.39, 0.29) is 75.8 Å². The van der Waals surface area contributed by atoms with E-state index in [1.165, 1.54) is 43.0 Å². The zero-order chi connectivity index (χ0) is 51.3. The first kappa shape index (κ1) is 53.3. The lowest BCUT2D eigenvalue weighted by molar-refractivity contribution is -0.235. The molecular weight excluding hydrogens is 961 g/mol. The maximum absolute atomic E-state index is 17.7. The molecule has 8 rings (SSSR count). The van der Waals surface area contributed by atoms with E-state index in [0.29, 0.717) is 50.9 Å². The van der Waals surface area contributed by atoms with E-state index in [1.54, 1.807) is 25.1 Å². The van der Waals surface area contributed by atoms with Crippen molar-refractivity contribution >= 4 is 52.6 Å². The van der Waals surface area contributed by atoms with Gasteiger partial charge in [-0.25, -0.2) is 8.78 Å². The minimum Gasteiger partial charge on any atom is -0.390 e. The van der Waals surface area contributed by atoms with Gasteiger partial charge in [-0.3, -0.25) is 33.7 Å². The van der Waals surface area contributed by atoms with Gasteiger partial charge >= 0.3 is 0 Å². The van der Waals surface area contributed by atoms with Gasteiger partial charge in [-0.05, 0) is 80.2 Å². The molecule has 2 aromatic rings. The molecule has 1 unspecified atom stereocenters. The molecule has 3 saturated carbocycles. The van der Waals surface area contributed by atoms with Gasteiger partial charge in [0.05, 0.1) is 71.5 Å². The first-order valence-corrected chi connectivity index (χ1v) is 25.1. The van der Waals surface area contributed by atoms with Crippen LogP contribution in [-0.4, -0.2) is 153 Å². The van der Waals surface area contributed by atoms with Crippen molar-refractivity contribution in [1.29, 1.82) is 0 Å². The van der Waals surface area contributed by atoms with Gasteiger partial charge in [-0.2, -0.15) is 0 Å². The number of hydrogen-bond donors (Lipinski definition) is 4. The van der Waals surface area contributed by atoms with Crippen LogP contribution in [0.1, 0.15) is 57.8 Å². The molecule has 4 amide bonds. The van der Waals surface area contributed by atoms with Gasteiger partial charge in [0.15, 0.2) is 29.1 Å². The number of alkyl halides is 2. The Bertz CT molecular complexity index is 2460. The summed E-state index contributed by atoms with van der Waals surface area (Å²) in [6, 6.07) is 14.7. The lowest BCUT2D eigenvalue weighted by Crippen LogP contribution is -2.70. The first-order valence-electron chi connectivity index (χ1n) is 24.3. The number of aliphatic hydroxyl groups excluding tert-OH is 2. The highest BCUT2D eigenvalue weighted by Gasteiger charge is 2.80. The second-order valence-corrected chi connectivity index (χ2v) is 20.3. The third kappa shape index (κ3) is 10.5. The van der Waals surface area contributed by atoms with Crippen LogP contribution < -0.4 is 10.6 Å². The second-order valence-electron chi connectivity index (χ2n) is 19.2. The predicted octanol–water partition coefficient (Wildman–Crippen LogP) is 4.31. The van der Waals surface area contributed by atoms with E-state index in [9.17, 15) is 39.0 Å². The molecule has 0 bridgehead atoms. The molecule has 2 aromatic carbocycles. The molecule has 0 spiro atoms. The SMILES string of the molecule is C[C@]12C=CC(=O)C=C1[C@@H](F)CC1[C@@H]3C[C@H]4O[C@@H](c5ccc(Sc6cccc(NC(=O)CCOCCOCCOCCOCCNC(=O)CCN7C(=O)C=CC7=O)c6)cc5)O[C@@]4(C(=O)CO)[C@@]3(C)C[C@H](O)[C@@]12F. The minimum atomic E-state index is -2.34. The van der Waals surface area contributed by atoms with Crippen molar-refractivity contribution in [2.24, 2.45) is 22.7 Å². The number of ketones is 2. The summed E-state index contributed by atoms with van der Waals surface area (Å²) in [6.45, 7) is 5.17. The van der Waals surface area contributed by atoms with Crippen LogP contribution in [0.5, 0.6) is 0 Å². The smallest absolute Gasteiger partial charge is 0.253 e. The number of amides is 4. The predicted molar refractivity (Wildman–Crippen MR) is 255 cm³/mol. The molecule has 1 saturated heterocycles. The van der Waals surface area contributed by atoms with E-state index in [2.05, 4.69) is 10.6 Å². The van der Waals surface area contributed by atoms with Crippen LogP contribution in [0.4, 0.5) is 14.5 Å². The van der Waals surface area contributed by atoms with Gasteiger partial charge < -0.3 is 49.3 Å². The summed E-state index contributed by atoms with van der Waals surface area (Å²) in [4.78, 5) is 76.6. The van der Waals surface area contributed by atoms with Gasteiger partial charge in [-0.15, -0.1) is 0 Å². The number of aliphatic hydroxyl groups is 2. The van der Waals surface area contributed by atoms with E-state index in [0.717, 1.165) is 20.8 Å². The number of imide groups is 1. The zero-order valence-corrected chi connectivity index (χ0v) is 41.0. The molecule has 2 aliphatic heterocycles. The summed E-state index contributed by atoms with van der Waals surface area (Å²) in [5.74, 6) is -4.14. The highest BCUT2D eigenvalue weighted by Crippen LogP contribution is 2.72. The number of fused-ring (bicyclic) bond motifs is 7. The Labute approximate surface area is 420 Å². The lowest BCUT2D eigenvalue weighted by Gasteiger charge is -2.63. The van der Waals surface area contributed by atoms with Crippen LogP contribution in [0.2, 0.25) is 0 Å². The Morgan fingerprint density at radius 2 is 1.50 bits per heavy atom. The monoisotopic (exact) mass is 1020 g/mol. The topological polar surface area (TPSA) is 226 Å². The summed E-state index contributed by atoms with van der Waals surface area (Å²) < 4.78 is 68.8. The van der Waals surface area contributed by atoms with Gasteiger partial charge in [0.1, 0.15) is 12.8 Å². The van der Waals surface area contributed by atoms with Gasteiger partial charge in [0, 0.05) is 69.5 Å². The van der Waals surface area contributed by atoms with Crippen molar-refractivity contribution in [3.63, 3.8) is 0 Å². The fraction of sp³-hybridized carbons (Fsp3) is 0.538. The third-order valence-electron chi connectivity index (χ3n) is 15.1. The summed E-state index contributed by atoms with van der Waals surface area (Å²) in [7, 11) is 0. The van der Waals surface area contributed by atoms with E-state index >= 15 is 8.78 Å². The Morgan fingerprint density at radius 1 is 0.833 bits per heavy atom. The van der Waals surface area contributed by atoms with E-state index < -0.39 is 88.6 Å². The lowest BCUT2D eigenvalue weighted by atomic mass is 9.44. The van der Waals surface area contributed by atoms with Crippen molar-refractivity contribution in [3.8, 4) is 0 Å². The second kappa shape index (κ2) is 22.6. The van der Waals surface area contributed by atoms with Crippen LogP contribution in [0.25, 0.3) is 0 Å². The number of rotatable bonds is 24. The van der Waals surface area contributed by atoms with Crippen LogP contribution in [-0.2, 0) is 57.2 Å². The van der Waals surface area contributed by atoms with Gasteiger partial charge in [0.25, 0.3) is 11.8 Å². The molecule has 4 N–H and O–H groups in total. The molecule has 0 radical (unpaired) electrons. The number of ether oxygens (including phenoxy) is 6. The minimum absolute atomic E-state index is 0.00864. The number of hydrogen-bond acceptors (Lipinski definition) is 15. The molecule has 17 nitrogen and oxygen atoms in total. The normalized spacial score (nSPS) is 31.2. The fourth-order valence-electron chi connectivity index (χ4n) is 11.5. The van der Waals surface area contributed by atoms with Crippen LogP contribution in [0.3, 0.4) is 0 Å². The highest BCUT2D eigenvalue weighted by molar-refractivity contribution is 7.99.